The van der Waals surface area contributed by atoms with E-state index in [9.17, 15) is 4.21 Å². The van der Waals surface area contributed by atoms with Gasteiger partial charge in [0.15, 0.2) is 0 Å². The van der Waals surface area contributed by atoms with Crippen LogP contribution in [0, 0.1) is 6.92 Å². The van der Waals surface area contributed by atoms with Gasteiger partial charge in [0.2, 0.25) is 0 Å². The van der Waals surface area contributed by atoms with Crippen LogP contribution in [0.2, 0.25) is 5.02 Å². The summed E-state index contributed by atoms with van der Waals surface area (Å²) in [5.74, 6) is 0. The van der Waals surface area contributed by atoms with Gasteiger partial charge in [0, 0.05) is 14.8 Å². The predicted molar refractivity (Wildman–Crippen MR) is 67.3 cm³/mol. The third kappa shape index (κ3) is 2.52. The van der Waals surface area contributed by atoms with Gasteiger partial charge in [-0.3, -0.25) is 0 Å². The van der Waals surface area contributed by atoms with Gasteiger partial charge >= 0.3 is 0 Å². The van der Waals surface area contributed by atoms with Gasteiger partial charge in [0.05, 0.1) is 10.8 Å². The van der Waals surface area contributed by atoms with Crippen molar-refractivity contribution in [2.24, 2.45) is 0 Å². The summed E-state index contributed by atoms with van der Waals surface area (Å²) in [5, 5.41) is 0.609. The van der Waals surface area contributed by atoms with Crippen LogP contribution in [0.3, 0.4) is 0 Å². The summed E-state index contributed by atoms with van der Waals surface area (Å²) in [6.07, 6.45) is 0. The summed E-state index contributed by atoms with van der Waals surface area (Å²) in [4.78, 5) is 1.53. The monoisotopic (exact) mass is 250 g/mol. The number of rotatable bonds is 2. The maximum Gasteiger partial charge on any atom is 0.0850 e. The first kappa shape index (κ1) is 11.4. The lowest BCUT2D eigenvalue weighted by molar-refractivity contribution is 0.683. The highest BCUT2D eigenvalue weighted by atomic mass is 35.5. The van der Waals surface area contributed by atoms with Crippen molar-refractivity contribution < 1.29 is 4.21 Å². The number of hydrogen-bond donors (Lipinski definition) is 0. The van der Waals surface area contributed by atoms with Gasteiger partial charge in [-0.2, -0.15) is 0 Å². The van der Waals surface area contributed by atoms with Crippen molar-refractivity contribution in [1.82, 2.24) is 0 Å². The molecule has 1 unspecified atom stereocenters. The van der Waals surface area contributed by atoms with E-state index in [1.54, 1.807) is 12.1 Å². The van der Waals surface area contributed by atoms with Gasteiger partial charge < -0.3 is 0 Å². The number of hydrogen-bond acceptors (Lipinski definition) is 1. The molecule has 0 saturated carbocycles. The molecule has 0 aromatic heterocycles. The normalized spacial score (nSPS) is 12.4. The van der Waals surface area contributed by atoms with Crippen LogP contribution in [-0.4, -0.2) is 4.21 Å². The second-order valence-electron chi connectivity index (χ2n) is 3.54. The maximum absolute atomic E-state index is 12.2. The third-order valence-corrected chi connectivity index (χ3v) is 3.86. The number of benzene rings is 2. The van der Waals surface area contributed by atoms with Crippen molar-refractivity contribution in [2.75, 3.05) is 0 Å². The molecule has 0 aliphatic carbocycles. The Balaban J connectivity index is 2.35. The molecule has 2 rings (SSSR count). The summed E-state index contributed by atoms with van der Waals surface area (Å²) in [6.45, 7) is 2.01. The Morgan fingerprint density at radius 2 is 1.69 bits per heavy atom. The molecule has 2 aromatic rings. The Bertz CT molecular complexity index is 520. The highest BCUT2D eigenvalue weighted by Gasteiger charge is 2.06. The molecule has 82 valence electrons. The van der Waals surface area contributed by atoms with E-state index in [4.69, 9.17) is 11.6 Å². The quantitative estimate of drug-likeness (QED) is 0.792. The van der Waals surface area contributed by atoms with Gasteiger partial charge in [-0.25, -0.2) is 4.21 Å². The lowest BCUT2D eigenvalue weighted by atomic mass is 10.2. The minimum Gasteiger partial charge on any atom is -0.249 e. The van der Waals surface area contributed by atoms with Gasteiger partial charge in [0.25, 0.3) is 0 Å². The summed E-state index contributed by atoms with van der Waals surface area (Å²) in [6, 6.07) is 14.8. The first-order chi connectivity index (χ1) is 7.66. The topological polar surface area (TPSA) is 17.1 Å². The molecule has 0 spiro atoms. The molecule has 16 heavy (non-hydrogen) atoms. The lowest BCUT2D eigenvalue weighted by Gasteiger charge is -2.03. The van der Waals surface area contributed by atoms with Crippen LogP contribution < -0.4 is 0 Å². The molecule has 0 saturated heterocycles. The fraction of sp³-hybridized carbons (Fsp3) is 0.0769. The van der Waals surface area contributed by atoms with Gasteiger partial charge in [-0.15, -0.1) is 0 Å². The number of aryl methyl sites for hydroxylation is 1. The van der Waals surface area contributed by atoms with E-state index in [0.29, 0.717) is 5.02 Å². The molecule has 0 N–H and O–H groups in total. The van der Waals surface area contributed by atoms with Crippen LogP contribution in [0.25, 0.3) is 0 Å². The Hall–Kier alpha value is -1.12. The molecule has 1 atom stereocenters. The van der Waals surface area contributed by atoms with Crippen molar-refractivity contribution in [2.45, 2.75) is 16.7 Å². The van der Waals surface area contributed by atoms with Crippen molar-refractivity contribution in [3.63, 3.8) is 0 Å². The van der Waals surface area contributed by atoms with E-state index < -0.39 is 10.8 Å². The van der Waals surface area contributed by atoms with Crippen LogP contribution in [0.5, 0.6) is 0 Å². The summed E-state index contributed by atoms with van der Waals surface area (Å²) in [5.41, 5.74) is 1.16. The molecule has 0 amide bonds. The zero-order valence-corrected chi connectivity index (χ0v) is 10.4. The molecular formula is C13H11ClOS. The minimum atomic E-state index is -1.15. The van der Waals surface area contributed by atoms with Gasteiger partial charge in [-0.05, 0) is 37.3 Å². The standard InChI is InChI=1S/C13H11ClOS/c1-10-5-7-12(8-6-10)16(15)13-4-2-3-11(14)9-13/h2-9H,1H3. The van der Waals surface area contributed by atoms with Gasteiger partial charge in [0.1, 0.15) is 0 Å². The third-order valence-electron chi connectivity index (χ3n) is 2.25. The molecule has 0 aliphatic rings. The van der Waals surface area contributed by atoms with Crippen molar-refractivity contribution >= 4 is 22.4 Å². The fourth-order valence-corrected chi connectivity index (χ4v) is 2.73. The van der Waals surface area contributed by atoms with Crippen molar-refractivity contribution in [3.05, 3.63) is 59.1 Å². The van der Waals surface area contributed by atoms with E-state index >= 15 is 0 Å². The lowest BCUT2D eigenvalue weighted by Crippen LogP contribution is -1.92. The summed E-state index contributed by atoms with van der Waals surface area (Å²) < 4.78 is 12.2. The maximum atomic E-state index is 12.2. The molecule has 0 fully saturated rings. The zero-order valence-electron chi connectivity index (χ0n) is 8.81. The van der Waals surface area contributed by atoms with E-state index in [0.717, 1.165) is 15.4 Å². The Morgan fingerprint density at radius 3 is 2.31 bits per heavy atom. The summed E-state index contributed by atoms with van der Waals surface area (Å²) in [7, 11) is -1.15. The molecule has 0 aliphatic heterocycles. The van der Waals surface area contributed by atoms with Crippen LogP contribution >= 0.6 is 11.6 Å². The summed E-state index contributed by atoms with van der Waals surface area (Å²) >= 11 is 5.87. The first-order valence-corrected chi connectivity index (χ1v) is 6.43. The molecule has 3 heteroatoms. The smallest absolute Gasteiger partial charge is 0.0850 e. The Morgan fingerprint density at radius 1 is 1.00 bits per heavy atom. The SMILES string of the molecule is Cc1ccc(S(=O)c2cccc(Cl)c2)cc1. The average Bonchev–Trinajstić information content (AvgIpc) is 2.29. The second kappa shape index (κ2) is 4.81. The molecule has 0 heterocycles. The van der Waals surface area contributed by atoms with E-state index in [-0.39, 0.29) is 0 Å². The molecule has 2 aromatic carbocycles. The Kier molecular flexibility index (Phi) is 3.42. The largest absolute Gasteiger partial charge is 0.249 e. The van der Waals surface area contributed by atoms with Crippen LogP contribution in [0.1, 0.15) is 5.56 Å². The second-order valence-corrected chi connectivity index (χ2v) is 5.46. The van der Waals surface area contributed by atoms with Crippen LogP contribution in [0.4, 0.5) is 0 Å². The van der Waals surface area contributed by atoms with E-state index in [1.165, 1.54) is 0 Å². The van der Waals surface area contributed by atoms with Crippen molar-refractivity contribution in [3.8, 4) is 0 Å². The number of halogens is 1. The van der Waals surface area contributed by atoms with Gasteiger partial charge in [-0.1, -0.05) is 35.4 Å². The minimum absolute atomic E-state index is 0.609. The molecule has 1 nitrogen and oxygen atoms in total. The molecular weight excluding hydrogens is 240 g/mol. The highest BCUT2D eigenvalue weighted by molar-refractivity contribution is 7.85. The average molecular weight is 251 g/mol. The van der Waals surface area contributed by atoms with E-state index in [1.807, 2.05) is 43.3 Å². The zero-order chi connectivity index (χ0) is 11.5. The van der Waals surface area contributed by atoms with Crippen molar-refractivity contribution in [1.29, 1.82) is 0 Å². The predicted octanol–water partition coefficient (Wildman–Crippen LogP) is 3.82. The molecule has 0 radical (unpaired) electrons. The first-order valence-electron chi connectivity index (χ1n) is 4.91. The molecule has 0 bridgehead atoms. The Labute approximate surface area is 103 Å². The van der Waals surface area contributed by atoms with E-state index in [2.05, 4.69) is 0 Å². The highest BCUT2D eigenvalue weighted by Crippen LogP contribution is 2.19. The van der Waals surface area contributed by atoms with Crippen LogP contribution in [0.15, 0.2) is 58.3 Å². The van der Waals surface area contributed by atoms with Crippen LogP contribution in [-0.2, 0) is 10.8 Å². The fourth-order valence-electron chi connectivity index (χ4n) is 1.38.